The molecule has 1 rings (SSSR count). The van der Waals surface area contributed by atoms with Crippen molar-refractivity contribution < 1.29 is 4.39 Å². The zero-order valence-electron chi connectivity index (χ0n) is 7.63. The number of hydrogen-bond acceptors (Lipinski definition) is 2. The molecule has 0 aliphatic heterocycles. The van der Waals surface area contributed by atoms with Crippen LogP contribution in [0.4, 0.5) is 4.39 Å². The van der Waals surface area contributed by atoms with E-state index in [2.05, 4.69) is 5.10 Å². The summed E-state index contributed by atoms with van der Waals surface area (Å²) in [5, 5.41) is 3.95. The Bertz CT molecular complexity index is 258. The fourth-order valence-corrected chi connectivity index (χ4v) is 1.39. The highest BCUT2D eigenvalue weighted by molar-refractivity contribution is 5.22. The summed E-state index contributed by atoms with van der Waals surface area (Å²) < 4.78 is 15.3. The number of aryl methyl sites for hydroxylation is 2. The van der Waals surface area contributed by atoms with Crippen LogP contribution >= 0.6 is 0 Å². The first kappa shape index (κ1) is 9.19. The Balaban J connectivity index is 3.17. The predicted octanol–water partition coefficient (Wildman–Crippen LogP) is 0.872. The minimum atomic E-state index is -1.48. The van der Waals surface area contributed by atoms with Gasteiger partial charge in [-0.3, -0.25) is 4.68 Å². The Kier molecular flexibility index (Phi) is 2.19. The number of nitrogens with zero attached hydrogens (tertiary/aromatic N) is 2. The summed E-state index contributed by atoms with van der Waals surface area (Å²) >= 11 is 0. The molecule has 1 aromatic rings. The van der Waals surface area contributed by atoms with Crippen molar-refractivity contribution in [3.05, 3.63) is 17.5 Å². The van der Waals surface area contributed by atoms with Crippen LogP contribution in [0, 0.1) is 6.92 Å². The van der Waals surface area contributed by atoms with E-state index in [1.807, 2.05) is 6.92 Å². The summed E-state index contributed by atoms with van der Waals surface area (Å²) in [5.41, 5.74) is 5.24. The molecule has 1 atom stereocenters. The third kappa shape index (κ3) is 1.34. The average molecular weight is 171 g/mol. The molecule has 1 aromatic heterocycles. The van der Waals surface area contributed by atoms with Gasteiger partial charge >= 0.3 is 0 Å². The lowest BCUT2D eigenvalue weighted by Crippen LogP contribution is -2.29. The Labute approximate surface area is 71.4 Å². The van der Waals surface area contributed by atoms with Crippen LogP contribution in [0.3, 0.4) is 0 Å². The first-order valence-electron chi connectivity index (χ1n) is 3.87. The van der Waals surface area contributed by atoms with Crippen molar-refractivity contribution in [1.29, 1.82) is 0 Å². The highest BCUT2D eigenvalue weighted by Crippen LogP contribution is 2.25. The van der Waals surface area contributed by atoms with Crippen molar-refractivity contribution >= 4 is 0 Å². The van der Waals surface area contributed by atoms with Crippen LogP contribution in [0.2, 0.25) is 0 Å². The minimum Gasteiger partial charge on any atom is -0.327 e. The topological polar surface area (TPSA) is 43.8 Å². The first-order valence-corrected chi connectivity index (χ1v) is 3.87. The molecule has 0 amide bonds. The molecule has 68 valence electrons. The third-order valence-electron chi connectivity index (χ3n) is 2.00. The maximum atomic E-state index is 13.7. The molecule has 12 heavy (non-hydrogen) atoms. The molecule has 1 heterocycles. The van der Waals surface area contributed by atoms with E-state index in [9.17, 15) is 4.39 Å². The largest absolute Gasteiger partial charge is 0.327 e. The van der Waals surface area contributed by atoms with E-state index < -0.39 is 5.67 Å². The van der Waals surface area contributed by atoms with Gasteiger partial charge in [-0.05, 0) is 19.4 Å². The van der Waals surface area contributed by atoms with Crippen molar-refractivity contribution in [2.45, 2.75) is 19.5 Å². The Morgan fingerprint density at radius 2 is 2.33 bits per heavy atom. The van der Waals surface area contributed by atoms with E-state index >= 15 is 0 Å². The number of alkyl halides is 1. The normalized spacial score (nSPS) is 16.1. The van der Waals surface area contributed by atoms with E-state index in [1.54, 1.807) is 13.2 Å². The highest BCUT2D eigenvalue weighted by atomic mass is 19.1. The van der Waals surface area contributed by atoms with Crippen LogP contribution < -0.4 is 5.73 Å². The van der Waals surface area contributed by atoms with E-state index in [0.29, 0.717) is 5.69 Å². The lowest BCUT2D eigenvalue weighted by molar-refractivity contribution is 0.188. The lowest BCUT2D eigenvalue weighted by atomic mass is 10.0. The van der Waals surface area contributed by atoms with Gasteiger partial charge in [0.2, 0.25) is 0 Å². The highest BCUT2D eigenvalue weighted by Gasteiger charge is 2.29. The Morgan fingerprint density at radius 3 is 2.67 bits per heavy atom. The standard InChI is InChI=1S/C8H14FN3/c1-6-4-11-12(3)7(6)8(2,9)5-10/h4H,5,10H2,1-3H3. The Hall–Kier alpha value is -0.900. The molecule has 4 heteroatoms. The summed E-state index contributed by atoms with van der Waals surface area (Å²) in [7, 11) is 1.72. The molecule has 0 fully saturated rings. The quantitative estimate of drug-likeness (QED) is 0.717. The molecule has 0 aliphatic rings. The van der Waals surface area contributed by atoms with Gasteiger partial charge in [-0.1, -0.05) is 0 Å². The molecule has 3 nitrogen and oxygen atoms in total. The van der Waals surface area contributed by atoms with Crippen LogP contribution in [-0.2, 0) is 12.7 Å². The van der Waals surface area contributed by atoms with E-state index in [1.165, 1.54) is 11.6 Å². The molecular weight excluding hydrogens is 157 g/mol. The van der Waals surface area contributed by atoms with Crippen LogP contribution in [0.5, 0.6) is 0 Å². The monoisotopic (exact) mass is 171 g/mol. The average Bonchev–Trinajstić information content (AvgIpc) is 2.31. The molecule has 0 aromatic carbocycles. The summed E-state index contributed by atoms with van der Waals surface area (Å²) in [4.78, 5) is 0. The second-order valence-corrected chi connectivity index (χ2v) is 3.20. The molecule has 0 radical (unpaired) electrons. The smallest absolute Gasteiger partial charge is 0.161 e. The second-order valence-electron chi connectivity index (χ2n) is 3.20. The molecule has 0 bridgehead atoms. The summed E-state index contributed by atoms with van der Waals surface area (Å²) in [5.74, 6) is 0. The predicted molar refractivity (Wildman–Crippen MR) is 45.5 cm³/mol. The van der Waals surface area contributed by atoms with Gasteiger partial charge in [-0.2, -0.15) is 5.10 Å². The molecule has 0 saturated carbocycles. The van der Waals surface area contributed by atoms with Gasteiger partial charge in [0.15, 0.2) is 5.67 Å². The third-order valence-corrected chi connectivity index (χ3v) is 2.00. The van der Waals surface area contributed by atoms with Crippen LogP contribution in [0.1, 0.15) is 18.2 Å². The fourth-order valence-electron chi connectivity index (χ4n) is 1.39. The van der Waals surface area contributed by atoms with E-state index in [0.717, 1.165) is 5.56 Å². The van der Waals surface area contributed by atoms with E-state index in [-0.39, 0.29) is 6.54 Å². The second kappa shape index (κ2) is 2.86. The van der Waals surface area contributed by atoms with Gasteiger partial charge in [0.05, 0.1) is 11.9 Å². The first-order chi connectivity index (χ1) is 5.49. The summed E-state index contributed by atoms with van der Waals surface area (Å²) in [6.07, 6.45) is 1.64. The number of nitrogens with two attached hydrogens (primary N) is 1. The molecule has 0 spiro atoms. The zero-order valence-corrected chi connectivity index (χ0v) is 7.63. The van der Waals surface area contributed by atoms with Crippen LogP contribution in [0.25, 0.3) is 0 Å². The number of halogens is 1. The van der Waals surface area contributed by atoms with Gasteiger partial charge in [0.25, 0.3) is 0 Å². The van der Waals surface area contributed by atoms with Gasteiger partial charge in [0, 0.05) is 13.6 Å². The Morgan fingerprint density at radius 1 is 1.75 bits per heavy atom. The van der Waals surface area contributed by atoms with Crippen molar-refractivity contribution in [2.75, 3.05) is 6.54 Å². The minimum absolute atomic E-state index is 0.0205. The SMILES string of the molecule is Cc1cnn(C)c1C(C)(F)CN. The maximum absolute atomic E-state index is 13.7. The van der Waals surface area contributed by atoms with Gasteiger partial charge in [-0.25, -0.2) is 4.39 Å². The zero-order chi connectivity index (χ0) is 9.35. The van der Waals surface area contributed by atoms with Gasteiger partial charge in [-0.15, -0.1) is 0 Å². The van der Waals surface area contributed by atoms with Gasteiger partial charge < -0.3 is 5.73 Å². The molecule has 0 saturated heterocycles. The summed E-state index contributed by atoms with van der Waals surface area (Å²) in [6.45, 7) is 3.28. The van der Waals surface area contributed by atoms with Crippen LogP contribution in [0.15, 0.2) is 6.20 Å². The molecule has 1 unspecified atom stereocenters. The number of rotatable bonds is 2. The van der Waals surface area contributed by atoms with Gasteiger partial charge in [0.1, 0.15) is 0 Å². The maximum Gasteiger partial charge on any atom is 0.161 e. The summed E-state index contributed by atoms with van der Waals surface area (Å²) in [6, 6.07) is 0. The van der Waals surface area contributed by atoms with Crippen molar-refractivity contribution in [1.82, 2.24) is 9.78 Å². The molecular formula is C8H14FN3. The molecule has 0 aliphatic carbocycles. The van der Waals surface area contributed by atoms with E-state index in [4.69, 9.17) is 5.73 Å². The van der Waals surface area contributed by atoms with Crippen molar-refractivity contribution in [2.24, 2.45) is 12.8 Å². The lowest BCUT2D eigenvalue weighted by Gasteiger charge is -2.19. The number of aromatic nitrogens is 2. The fraction of sp³-hybridized carbons (Fsp3) is 0.625. The van der Waals surface area contributed by atoms with Crippen molar-refractivity contribution in [3.8, 4) is 0 Å². The van der Waals surface area contributed by atoms with Crippen LogP contribution in [-0.4, -0.2) is 16.3 Å². The molecule has 2 N–H and O–H groups in total. The number of hydrogen-bond donors (Lipinski definition) is 1. The van der Waals surface area contributed by atoms with Crippen molar-refractivity contribution in [3.63, 3.8) is 0 Å².